The van der Waals surface area contributed by atoms with Gasteiger partial charge in [0.2, 0.25) is 11.8 Å². The number of esters is 1. The monoisotopic (exact) mass is 557 g/mol. The largest absolute Gasteiger partial charge is 0.454 e. The van der Waals surface area contributed by atoms with Crippen LogP contribution in [0.4, 0.5) is 0 Å². The summed E-state index contributed by atoms with van der Waals surface area (Å²) in [4.78, 5) is 65.8. The average molecular weight is 558 g/mol. The van der Waals surface area contributed by atoms with Crippen molar-refractivity contribution in [3.05, 3.63) is 106 Å². The molecule has 3 aromatic rings. The van der Waals surface area contributed by atoms with E-state index in [4.69, 9.17) is 16.3 Å². The molecule has 202 valence electrons. The lowest BCUT2D eigenvalue weighted by Crippen LogP contribution is -2.47. The van der Waals surface area contributed by atoms with Crippen LogP contribution in [0.5, 0.6) is 0 Å². The van der Waals surface area contributed by atoms with Gasteiger partial charge in [0.15, 0.2) is 6.61 Å². The van der Waals surface area contributed by atoms with Crippen molar-refractivity contribution in [1.82, 2.24) is 15.8 Å². The Balaban J connectivity index is 1.14. The Hall–Kier alpha value is -4.50. The van der Waals surface area contributed by atoms with E-state index in [9.17, 15) is 24.0 Å². The van der Waals surface area contributed by atoms with Crippen LogP contribution in [0.15, 0.2) is 72.8 Å². The van der Waals surface area contributed by atoms with E-state index in [1.54, 1.807) is 12.1 Å². The van der Waals surface area contributed by atoms with Crippen molar-refractivity contribution in [2.45, 2.75) is 24.8 Å². The zero-order valence-corrected chi connectivity index (χ0v) is 22.1. The molecule has 0 saturated carbocycles. The quantitative estimate of drug-likeness (QED) is 0.283. The van der Waals surface area contributed by atoms with Crippen LogP contribution < -0.4 is 10.9 Å². The molecule has 9 nitrogen and oxygen atoms in total. The normalized spacial score (nSPS) is 22.6. The molecule has 4 amide bonds. The third kappa shape index (κ3) is 3.96. The summed E-state index contributed by atoms with van der Waals surface area (Å²) < 4.78 is 5.11. The Kier molecular flexibility index (Phi) is 6.38. The zero-order chi connectivity index (χ0) is 28.1. The fourth-order valence-corrected chi connectivity index (χ4v) is 6.54. The van der Waals surface area contributed by atoms with Gasteiger partial charge >= 0.3 is 5.97 Å². The Morgan fingerprint density at radius 2 is 1.27 bits per heavy atom. The standard InChI is InChI=1S/C30H24ClN3O6/c1-15(30(39)40-14-22(35)32-33-27(36)20-12-6-7-13-21(20)31)34-28(37)25-23-16-8-2-3-9-17(16)24(26(25)29(34)38)19-11-5-4-10-18(19)23/h2-13,15,23-26H,14H2,1H3,(H,32,35)(H,33,36)/t15-,23?,24?,25-,26+/m0/s1. The van der Waals surface area contributed by atoms with Gasteiger partial charge < -0.3 is 4.74 Å². The number of carbonyl (C=O) groups is 5. The summed E-state index contributed by atoms with van der Waals surface area (Å²) in [7, 11) is 0. The molecule has 1 aliphatic heterocycles. The molecule has 40 heavy (non-hydrogen) atoms. The van der Waals surface area contributed by atoms with Crippen LogP contribution in [0.2, 0.25) is 5.02 Å². The van der Waals surface area contributed by atoms with E-state index >= 15 is 0 Å². The van der Waals surface area contributed by atoms with Gasteiger partial charge in [0.1, 0.15) is 6.04 Å². The van der Waals surface area contributed by atoms with Gasteiger partial charge in [0.25, 0.3) is 11.8 Å². The van der Waals surface area contributed by atoms with Crippen molar-refractivity contribution in [2.24, 2.45) is 11.8 Å². The van der Waals surface area contributed by atoms with Crippen LogP contribution in [-0.2, 0) is 23.9 Å². The van der Waals surface area contributed by atoms with Crippen molar-refractivity contribution < 1.29 is 28.7 Å². The van der Waals surface area contributed by atoms with Gasteiger partial charge in [0, 0.05) is 11.8 Å². The number of benzene rings is 3. The number of rotatable bonds is 5. The van der Waals surface area contributed by atoms with Crippen LogP contribution in [0.1, 0.15) is 51.4 Å². The first-order chi connectivity index (χ1) is 19.3. The molecule has 2 N–H and O–H groups in total. The molecule has 2 bridgehead atoms. The van der Waals surface area contributed by atoms with Crippen LogP contribution in [-0.4, -0.2) is 47.1 Å². The molecule has 0 spiro atoms. The highest BCUT2D eigenvalue weighted by molar-refractivity contribution is 6.33. The second-order valence-electron chi connectivity index (χ2n) is 10.1. The fraction of sp³-hybridized carbons (Fsp3) is 0.233. The number of hydrogen-bond donors (Lipinski definition) is 2. The van der Waals surface area contributed by atoms with Gasteiger partial charge in [-0.1, -0.05) is 72.3 Å². The molecule has 0 aromatic heterocycles. The maximum atomic E-state index is 13.7. The summed E-state index contributed by atoms with van der Waals surface area (Å²) >= 11 is 5.98. The van der Waals surface area contributed by atoms with E-state index in [2.05, 4.69) is 10.9 Å². The number of nitrogens with zero attached hydrogens (tertiary/aromatic N) is 1. The minimum absolute atomic E-state index is 0.154. The van der Waals surface area contributed by atoms with Crippen molar-refractivity contribution in [3.63, 3.8) is 0 Å². The second-order valence-corrected chi connectivity index (χ2v) is 10.5. The number of nitrogens with one attached hydrogen (secondary N) is 2. The van der Waals surface area contributed by atoms with E-state index in [0.29, 0.717) is 0 Å². The van der Waals surface area contributed by atoms with Crippen LogP contribution in [0, 0.1) is 11.8 Å². The minimum Gasteiger partial charge on any atom is -0.454 e. The van der Waals surface area contributed by atoms with E-state index < -0.39 is 54.1 Å². The summed E-state index contributed by atoms with van der Waals surface area (Å²) in [6.07, 6.45) is 0. The minimum atomic E-state index is -1.23. The van der Waals surface area contributed by atoms with Gasteiger partial charge in [-0.25, -0.2) is 4.79 Å². The third-order valence-electron chi connectivity index (χ3n) is 7.99. The van der Waals surface area contributed by atoms with Crippen LogP contribution in [0.25, 0.3) is 0 Å². The number of amides is 4. The molecule has 1 heterocycles. The molecule has 4 aliphatic rings. The Morgan fingerprint density at radius 1 is 0.800 bits per heavy atom. The molecule has 3 aliphatic carbocycles. The van der Waals surface area contributed by atoms with Crippen LogP contribution >= 0.6 is 11.6 Å². The number of carbonyl (C=O) groups excluding carboxylic acids is 5. The maximum absolute atomic E-state index is 13.7. The summed E-state index contributed by atoms with van der Waals surface area (Å²) in [5.74, 6) is -5.04. The molecular weight excluding hydrogens is 534 g/mol. The first kappa shape index (κ1) is 25.8. The maximum Gasteiger partial charge on any atom is 0.329 e. The lowest BCUT2D eigenvalue weighted by molar-refractivity contribution is -0.159. The number of imide groups is 1. The smallest absolute Gasteiger partial charge is 0.329 e. The topological polar surface area (TPSA) is 122 Å². The van der Waals surface area contributed by atoms with Crippen molar-refractivity contribution in [3.8, 4) is 0 Å². The number of ether oxygens (including phenoxy) is 1. The fourth-order valence-electron chi connectivity index (χ4n) is 6.32. The van der Waals surface area contributed by atoms with Crippen molar-refractivity contribution >= 4 is 41.2 Å². The first-order valence-corrected chi connectivity index (χ1v) is 13.2. The average Bonchev–Trinajstić information content (AvgIpc) is 3.24. The summed E-state index contributed by atoms with van der Waals surface area (Å²) in [6.45, 7) is 0.686. The number of halogens is 1. The van der Waals surface area contributed by atoms with Gasteiger partial charge in [-0.15, -0.1) is 0 Å². The number of likely N-dealkylation sites (tertiary alicyclic amines) is 1. The van der Waals surface area contributed by atoms with Gasteiger partial charge in [-0.05, 0) is 41.3 Å². The van der Waals surface area contributed by atoms with Gasteiger partial charge in [-0.2, -0.15) is 0 Å². The lowest BCUT2D eigenvalue weighted by atomic mass is 9.55. The van der Waals surface area contributed by atoms with E-state index in [1.165, 1.54) is 19.1 Å². The summed E-state index contributed by atoms with van der Waals surface area (Å²) in [5.41, 5.74) is 8.61. The lowest BCUT2D eigenvalue weighted by Gasteiger charge is -2.45. The second kappa shape index (κ2) is 9.91. The Morgan fingerprint density at radius 3 is 1.77 bits per heavy atom. The first-order valence-electron chi connectivity index (χ1n) is 12.8. The predicted octanol–water partition coefficient (Wildman–Crippen LogP) is 2.92. The van der Waals surface area contributed by atoms with Crippen LogP contribution in [0.3, 0.4) is 0 Å². The molecule has 0 radical (unpaired) electrons. The van der Waals surface area contributed by atoms with Gasteiger partial charge in [-0.3, -0.25) is 34.9 Å². The number of hydrazine groups is 1. The highest BCUT2D eigenvalue weighted by atomic mass is 35.5. The molecule has 3 aromatic carbocycles. The molecule has 0 unspecified atom stereocenters. The highest BCUT2D eigenvalue weighted by Gasteiger charge is 2.62. The molecule has 10 heteroatoms. The summed E-state index contributed by atoms with van der Waals surface area (Å²) in [5, 5.41) is 0.203. The Labute approximate surface area is 234 Å². The van der Waals surface area contributed by atoms with Crippen molar-refractivity contribution in [1.29, 1.82) is 0 Å². The zero-order valence-electron chi connectivity index (χ0n) is 21.3. The Bertz CT molecular complexity index is 1470. The van der Waals surface area contributed by atoms with Gasteiger partial charge in [0.05, 0.1) is 22.4 Å². The molecule has 7 rings (SSSR count). The highest BCUT2D eigenvalue weighted by Crippen LogP contribution is 2.61. The summed E-state index contributed by atoms with van der Waals surface area (Å²) in [6, 6.07) is 20.8. The van der Waals surface area contributed by atoms with E-state index in [-0.39, 0.29) is 22.4 Å². The number of hydrogen-bond acceptors (Lipinski definition) is 6. The molecule has 1 saturated heterocycles. The SMILES string of the molecule is C[C@@H](C(=O)OCC(=O)NNC(=O)c1ccccc1Cl)N1C(=O)[C@@H]2C3c4ccccc4C(c4ccccc43)[C@@H]2C1=O. The van der Waals surface area contributed by atoms with E-state index in [1.807, 2.05) is 48.5 Å². The van der Waals surface area contributed by atoms with Crippen molar-refractivity contribution in [2.75, 3.05) is 6.61 Å². The predicted molar refractivity (Wildman–Crippen MR) is 143 cm³/mol. The molecule has 3 atom stereocenters. The third-order valence-corrected chi connectivity index (χ3v) is 8.32. The van der Waals surface area contributed by atoms with E-state index in [0.717, 1.165) is 27.2 Å². The molecular formula is C30H24ClN3O6. The molecule has 1 fully saturated rings.